The molecule has 1 unspecified atom stereocenters. The monoisotopic (exact) mass is 626 g/mol. The van der Waals surface area contributed by atoms with Gasteiger partial charge in [0, 0.05) is 62.8 Å². The number of methoxy groups -OCH3 is 1. The molecule has 1 aliphatic heterocycles. The summed E-state index contributed by atoms with van der Waals surface area (Å²) in [6, 6.07) is 5.36. The minimum atomic E-state index is -3.78. The van der Waals surface area contributed by atoms with E-state index in [1.807, 2.05) is 12.1 Å². The normalized spacial score (nSPS) is 19.1. The second-order valence-electron chi connectivity index (χ2n) is 11.9. The SMILES string of the molecule is COC1C=CC2=C(C=C(C(=O)N(C)CCOCCN(C)S(N)(=O)=O)Cn3c2c(C2CCCCC2)c2ccc(C(=O)O)cc23)C1. The molecule has 2 aromatic rings. The Hall–Kier alpha value is -3.29. The van der Waals surface area contributed by atoms with Gasteiger partial charge in [-0.15, -0.1) is 0 Å². The van der Waals surface area contributed by atoms with Gasteiger partial charge in [0.05, 0.1) is 37.1 Å². The van der Waals surface area contributed by atoms with Crippen molar-refractivity contribution in [2.24, 2.45) is 5.14 Å². The lowest BCUT2D eigenvalue weighted by Gasteiger charge is -2.25. The molecule has 0 saturated heterocycles. The predicted molar refractivity (Wildman–Crippen MR) is 168 cm³/mol. The summed E-state index contributed by atoms with van der Waals surface area (Å²) in [4.78, 5) is 27.5. The molecule has 2 aliphatic carbocycles. The number of rotatable bonds is 11. The fourth-order valence-corrected chi connectivity index (χ4v) is 6.86. The minimum Gasteiger partial charge on any atom is -0.478 e. The Morgan fingerprint density at radius 2 is 1.84 bits per heavy atom. The molecule has 0 bridgehead atoms. The third-order valence-electron chi connectivity index (χ3n) is 9.02. The van der Waals surface area contributed by atoms with Crippen LogP contribution in [0, 0.1) is 0 Å². The number of hydrogen-bond acceptors (Lipinski definition) is 6. The lowest BCUT2D eigenvalue weighted by Crippen LogP contribution is -2.36. The van der Waals surface area contributed by atoms with E-state index in [0.29, 0.717) is 31.0 Å². The van der Waals surface area contributed by atoms with E-state index < -0.39 is 16.2 Å². The Balaban J connectivity index is 1.50. The number of ether oxygens (including phenoxy) is 2. The second kappa shape index (κ2) is 13.4. The van der Waals surface area contributed by atoms with Gasteiger partial charge in [-0.2, -0.15) is 12.7 Å². The summed E-state index contributed by atoms with van der Waals surface area (Å²) in [5.41, 5.74) is 6.02. The van der Waals surface area contributed by atoms with Gasteiger partial charge in [0.25, 0.3) is 16.1 Å². The van der Waals surface area contributed by atoms with Crippen molar-refractivity contribution in [2.75, 3.05) is 47.5 Å². The molecular formula is C32H42N4O7S. The fourth-order valence-electron chi connectivity index (χ4n) is 6.53. The molecule has 238 valence electrons. The van der Waals surface area contributed by atoms with E-state index >= 15 is 0 Å². The quantitative estimate of drug-likeness (QED) is 0.362. The number of allylic oxidation sites excluding steroid dienone is 3. The van der Waals surface area contributed by atoms with Gasteiger partial charge in [0.1, 0.15) is 0 Å². The zero-order valence-electron chi connectivity index (χ0n) is 25.6. The number of likely N-dealkylation sites (N-methyl/N-ethyl adjacent to an activating group) is 2. The first kappa shape index (κ1) is 32.1. The number of aromatic carboxylic acids is 1. The number of carbonyl (C=O) groups excluding carboxylic acids is 1. The molecule has 3 N–H and O–H groups in total. The van der Waals surface area contributed by atoms with Crippen molar-refractivity contribution in [3.8, 4) is 0 Å². The molecule has 1 saturated carbocycles. The first-order valence-electron chi connectivity index (χ1n) is 15.1. The lowest BCUT2D eigenvalue weighted by atomic mass is 9.80. The van der Waals surface area contributed by atoms with Crippen LogP contribution in [-0.2, 0) is 31.0 Å². The fraction of sp³-hybridized carbons (Fsp3) is 0.500. The number of carboxylic acid groups (broad SMARTS) is 1. The highest BCUT2D eigenvalue weighted by Gasteiger charge is 2.32. The van der Waals surface area contributed by atoms with Crippen LogP contribution < -0.4 is 5.14 Å². The largest absolute Gasteiger partial charge is 0.478 e. The van der Waals surface area contributed by atoms with Gasteiger partial charge in [0.2, 0.25) is 0 Å². The number of nitrogens with zero attached hydrogens (tertiary/aromatic N) is 3. The smallest absolute Gasteiger partial charge is 0.335 e. The molecule has 2 heterocycles. The summed E-state index contributed by atoms with van der Waals surface area (Å²) in [7, 11) is 0.994. The molecule has 11 nitrogen and oxygen atoms in total. The highest BCUT2D eigenvalue weighted by atomic mass is 32.2. The first-order chi connectivity index (χ1) is 21.0. The molecule has 1 atom stereocenters. The minimum absolute atomic E-state index is 0.109. The van der Waals surface area contributed by atoms with Gasteiger partial charge in [-0.1, -0.05) is 37.5 Å². The summed E-state index contributed by atoms with van der Waals surface area (Å²) in [6.45, 7) is 1.08. The van der Waals surface area contributed by atoms with Crippen LogP contribution in [0.5, 0.6) is 0 Å². The number of benzene rings is 1. The average molecular weight is 627 g/mol. The van der Waals surface area contributed by atoms with Gasteiger partial charge in [-0.3, -0.25) is 4.79 Å². The Morgan fingerprint density at radius 1 is 1.11 bits per heavy atom. The van der Waals surface area contributed by atoms with Crippen LogP contribution in [-0.4, -0.2) is 92.8 Å². The van der Waals surface area contributed by atoms with E-state index in [1.54, 1.807) is 31.2 Å². The Kier molecular flexibility index (Phi) is 9.76. The maximum atomic E-state index is 13.9. The van der Waals surface area contributed by atoms with Crippen LogP contribution in [0.2, 0.25) is 0 Å². The van der Waals surface area contributed by atoms with Gasteiger partial charge in [-0.25, -0.2) is 9.93 Å². The lowest BCUT2D eigenvalue weighted by molar-refractivity contribution is -0.126. The van der Waals surface area contributed by atoms with Crippen LogP contribution in [0.25, 0.3) is 16.5 Å². The zero-order valence-corrected chi connectivity index (χ0v) is 26.4. The third kappa shape index (κ3) is 6.69. The van der Waals surface area contributed by atoms with Crippen molar-refractivity contribution in [1.82, 2.24) is 13.8 Å². The van der Waals surface area contributed by atoms with Crippen molar-refractivity contribution in [3.05, 3.63) is 64.4 Å². The van der Waals surface area contributed by atoms with E-state index in [1.165, 1.54) is 19.0 Å². The summed E-state index contributed by atoms with van der Waals surface area (Å²) in [5.74, 6) is -0.794. The van der Waals surface area contributed by atoms with Crippen molar-refractivity contribution in [1.29, 1.82) is 0 Å². The molecule has 44 heavy (non-hydrogen) atoms. The number of fused-ring (bicyclic) bond motifs is 4. The third-order valence-corrected chi connectivity index (χ3v) is 10.1. The summed E-state index contributed by atoms with van der Waals surface area (Å²) < 4.78 is 37.2. The number of nitrogens with two attached hydrogens (primary N) is 1. The first-order valence-corrected chi connectivity index (χ1v) is 16.6. The van der Waals surface area contributed by atoms with Crippen molar-refractivity contribution in [3.63, 3.8) is 0 Å². The van der Waals surface area contributed by atoms with E-state index in [-0.39, 0.29) is 37.3 Å². The summed E-state index contributed by atoms with van der Waals surface area (Å²) in [6.07, 6.45) is 12.3. The standard InChI is InChI=1S/C32H42N4O7S/c1-34(13-15-43-16-14-35(2)44(33,40)41)31(37)24-17-23-18-25(42-3)10-12-26(23)30-29(21-7-5-4-6-8-21)27-11-9-22(32(38)39)19-28(27)36(30)20-24/h9-12,17,19,21,25H,4-8,13-16,18,20H2,1-3H3,(H,38,39)(H2,33,40,41). The topological polar surface area (TPSA) is 144 Å². The van der Waals surface area contributed by atoms with E-state index in [0.717, 1.165) is 57.7 Å². The molecule has 1 aromatic carbocycles. The maximum Gasteiger partial charge on any atom is 0.335 e. The molecule has 1 fully saturated rings. The van der Waals surface area contributed by atoms with Crippen LogP contribution >= 0.6 is 0 Å². The van der Waals surface area contributed by atoms with Gasteiger partial charge in [-0.05, 0) is 48.1 Å². The van der Waals surface area contributed by atoms with E-state index in [9.17, 15) is 23.1 Å². The van der Waals surface area contributed by atoms with Crippen molar-refractivity contribution < 1.29 is 32.6 Å². The van der Waals surface area contributed by atoms with Gasteiger partial charge >= 0.3 is 5.97 Å². The predicted octanol–water partition coefficient (Wildman–Crippen LogP) is 3.67. The highest BCUT2D eigenvalue weighted by molar-refractivity contribution is 7.86. The van der Waals surface area contributed by atoms with E-state index in [4.69, 9.17) is 14.6 Å². The second-order valence-corrected chi connectivity index (χ2v) is 13.5. The van der Waals surface area contributed by atoms with Crippen LogP contribution in [0.3, 0.4) is 0 Å². The van der Waals surface area contributed by atoms with Crippen molar-refractivity contribution >= 4 is 38.6 Å². The molecule has 0 radical (unpaired) electrons. The Labute approximate surface area is 258 Å². The summed E-state index contributed by atoms with van der Waals surface area (Å²) in [5, 5.41) is 16.0. The number of hydrogen-bond donors (Lipinski definition) is 2. The Morgan fingerprint density at radius 3 is 2.52 bits per heavy atom. The zero-order chi connectivity index (χ0) is 31.6. The number of amides is 1. The summed E-state index contributed by atoms with van der Waals surface area (Å²) >= 11 is 0. The highest BCUT2D eigenvalue weighted by Crippen LogP contribution is 2.46. The average Bonchev–Trinajstić information content (AvgIpc) is 3.22. The Bertz CT molecular complexity index is 1630. The number of carboxylic acids is 1. The molecule has 12 heteroatoms. The molecular weight excluding hydrogens is 584 g/mol. The molecule has 1 amide bonds. The number of carbonyl (C=O) groups is 2. The van der Waals surface area contributed by atoms with Crippen LogP contribution in [0.4, 0.5) is 0 Å². The maximum absolute atomic E-state index is 13.9. The molecule has 3 aliphatic rings. The number of aromatic nitrogens is 1. The molecule has 1 aromatic heterocycles. The van der Waals surface area contributed by atoms with Crippen LogP contribution in [0.1, 0.15) is 66.1 Å². The molecule has 0 spiro atoms. The van der Waals surface area contributed by atoms with Gasteiger partial charge in [0.15, 0.2) is 0 Å². The van der Waals surface area contributed by atoms with E-state index in [2.05, 4.69) is 16.7 Å². The molecule has 5 rings (SSSR count). The van der Waals surface area contributed by atoms with Gasteiger partial charge < -0.3 is 24.0 Å². The van der Waals surface area contributed by atoms with Crippen molar-refractivity contribution in [2.45, 2.75) is 57.1 Å². The van der Waals surface area contributed by atoms with Crippen LogP contribution in [0.15, 0.2) is 47.6 Å².